The molecule has 1 N–H and O–H groups in total. The van der Waals surface area contributed by atoms with Crippen molar-refractivity contribution in [3.63, 3.8) is 0 Å². The molecule has 14 heavy (non-hydrogen) atoms. The average Bonchev–Trinajstić information content (AvgIpc) is 2.19. The normalized spacial score (nSPS) is 39.2. The molecule has 0 saturated carbocycles. The molecule has 2 unspecified atom stereocenters. The molecule has 0 aromatic heterocycles. The quantitative estimate of drug-likeness (QED) is 0.696. The fourth-order valence-corrected chi connectivity index (χ4v) is 2.86. The molecule has 0 amide bonds. The molecule has 2 aliphatic rings. The Morgan fingerprint density at radius 3 is 2.86 bits per heavy atom. The third kappa shape index (κ3) is 2.12. The minimum Gasteiger partial charge on any atom is -0.378 e. The Balaban J connectivity index is 1.97. The van der Waals surface area contributed by atoms with Crippen molar-refractivity contribution >= 4 is 0 Å². The summed E-state index contributed by atoms with van der Waals surface area (Å²) in [6, 6.07) is 0. The summed E-state index contributed by atoms with van der Waals surface area (Å²) in [4.78, 5) is 0. The zero-order valence-corrected chi connectivity index (χ0v) is 9.51. The summed E-state index contributed by atoms with van der Waals surface area (Å²) in [5.41, 5.74) is 0.575. The monoisotopic (exact) mass is 197 g/mol. The van der Waals surface area contributed by atoms with Gasteiger partial charge in [0, 0.05) is 13.2 Å². The molecule has 0 aromatic rings. The van der Waals surface area contributed by atoms with Crippen molar-refractivity contribution < 1.29 is 4.74 Å². The Morgan fingerprint density at radius 1 is 1.36 bits per heavy atom. The van der Waals surface area contributed by atoms with Crippen molar-refractivity contribution in [1.29, 1.82) is 0 Å². The van der Waals surface area contributed by atoms with Crippen LogP contribution in [-0.2, 0) is 4.74 Å². The van der Waals surface area contributed by atoms with Gasteiger partial charge in [0.2, 0.25) is 0 Å². The van der Waals surface area contributed by atoms with E-state index < -0.39 is 0 Å². The van der Waals surface area contributed by atoms with Gasteiger partial charge in [0.25, 0.3) is 0 Å². The third-order valence-electron chi connectivity index (χ3n) is 3.90. The lowest BCUT2D eigenvalue weighted by atomic mass is 9.71. The summed E-state index contributed by atoms with van der Waals surface area (Å²) in [5, 5.41) is 3.55. The van der Waals surface area contributed by atoms with Crippen LogP contribution in [0.25, 0.3) is 0 Å². The summed E-state index contributed by atoms with van der Waals surface area (Å²) >= 11 is 0. The van der Waals surface area contributed by atoms with Gasteiger partial charge < -0.3 is 10.1 Å². The molecule has 0 aromatic carbocycles. The van der Waals surface area contributed by atoms with E-state index >= 15 is 0 Å². The van der Waals surface area contributed by atoms with E-state index in [9.17, 15) is 0 Å². The van der Waals surface area contributed by atoms with Crippen LogP contribution in [0.4, 0.5) is 0 Å². The first kappa shape index (κ1) is 10.4. The molecule has 0 bridgehead atoms. The van der Waals surface area contributed by atoms with Gasteiger partial charge in [-0.25, -0.2) is 0 Å². The Hall–Kier alpha value is -0.0800. The summed E-state index contributed by atoms with van der Waals surface area (Å²) in [6.45, 7) is 7.97. The Bertz CT molecular complexity index is 179. The van der Waals surface area contributed by atoms with Crippen LogP contribution in [0, 0.1) is 11.3 Å². The topological polar surface area (TPSA) is 21.3 Å². The molecule has 0 aliphatic carbocycles. The van der Waals surface area contributed by atoms with Crippen LogP contribution in [0.3, 0.4) is 0 Å². The lowest BCUT2D eigenvalue weighted by Crippen LogP contribution is -2.47. The van der Waals surface area contributed by atoms with Gasteiger partial charge in [0.05, 0.1) is 6.10 Å². The number of rotatable bonds is 1. The largest absolute Gasteiger partial charge is 0.378 e. The van der Waals surface area contributed by atoms with E-state index in [1.54, 1.807) is 0 Å². The molecule has 0 radical (unpaired) electrons. The third-order valence-corrected chi connectivity index (χ3v) is 3.90. The number of hydrogen-bond acceptors (Lipinski definition) is 2. The molecule has 2 rings (SSSR count). The minimum atomic E-state index is 0.503. The molecule has 2 aliphatic heterocycles. The molecule has 2 nitrogen and oxygen atoms in total. The lowest BCUT2D eigenvalue weighted by Gasteiger charge is -2.44. The smallest absolute Gasteiger partial charge is 0.0603 e. The fourth-order valence-electron chi connectivity index (χ4n) is 2.86. The highest BCUT2D eigenvalue weighted by molar-refractivity contribution is 4.90. The van der Waals surface area contributed by atoms with Gasteiger partial charge >= 0.3 is 0 Å². The van der Waals surface area contributed by atoms with Crippen molar-refractivity contribution in [3.8, 4) is 0 Å². The summed E-state index contributed by atoms with van der Waals surface area (Å²) < 4.78 is 5.84. The Labute approximate surface area is 87.4 Å². The predicted octanol–water partition coefficient (Wildman–Crippen LogP) is 2.19. The maximum absolute atomic E-state index is 5.84. The van der Waals surface area contributed by atoms with Crippen LogP contribution in [-0.4, -0.2) is 25.8 Å². The number of nitrogens with one attached hydrogen (secondary N) is 1. The highest BCUT2D eigenvalue weighted by Crippen LogP contribution is 2.40. The summed E-state index contributed by atoms with van der Waals surface area (Å²) in [5.74, 6) is 0.675. The highest BCUT2D eigenvalue weighted by atomic mass is 16.5. The van der Waals surface area contributed by atoms with E-state index in [1.165, 1.54) is 38.8 Å². The molecule has 2 heterocycles. The molecule has 2 fully saturated rings. The van der Waals surface area contributed by atoms with Gasteiger partial charge in [-0.15, -0.1) is 0 Å². The second kappa shape index (κ2) is 4.19. The Morgan fingerprint density at radius 2 is 2.21 bits per heavy atom. The van der Waals surface area contributed by atoms with Gasteiger partial charge in [-0.05, 0) is 43.6 Å². The average molecular weight is 197 g/mol. The highest BCUT2D eigenvalue weighted by Gasteiger charge is 2.38. The first-order valence-corrected chi connectivity index (χ1v) is 6.04. The zero-order chi connectivity index (χ0) is 10.0. The second-order valence-electron chi connectivity index (χ2n) is 5.39. The first-order chi connectivity index (χ1) is 6.72. The van der Waals surface area contributed by atoms with Crippen LogP contribution in [0.15, 0.2) is 0 Å². The van der Waals surface area contributed by atoms with Crippen LogP contribution in [0.2, 0.25) is 0 Å². The molecular weight excluding hydrogens is 174 g/mol. The number of piperidine rings is 1. The van der Waals surface area contributed by atoms with E-state index in [2.05, 4.69) is 19.2 Å². The van der Waals surface area contributed by atoms with Crippen LogP contribution >= 0.6 is 0 Å². The predicted molar refractivity (Wildman–Crippen MR) is 58.3 cm³/mol. The maximum Gasteiger partial charge on any atom is 0.0603 e. The van der Waals surface area contributed by atoms with E-state index in [0.29, 0.717) is 17.4 Å². The molecule has 2 heteroatoms. The van der Waals surface area contributed by atoms with Crippen molar-refractivity contribution in [3.05, 3.63) is 0 Å². The zero-order valence-electron chi connectivity index (χ0n) is 9.51. The van der Waals surface area contributed by atoms with E-state index in [1.807, 2.05) is 0 Å². The molecule has 82 valence electrons. The van der Waals surface area contributed by atoms with Gasteiger partial charge in [-0.1, -0.05) is 13.8 Å². The van der Waals surface area contributed by atoms with Crippen molar-refractivity contribution in [2.24, 2.45) is 11.3 Å². The van der Waals surface area contributed by atoms with Gasteiger partial charge in [-0.2, -0.15) is 0 Å². The molecular formula is C12H23NO. The standard InChI is InChI=1S/C12H23NO/c1-10(2)11-8-12(5-7-14-11)4-3-6-13-9-12/h10-11,13H,3-9H2,1-2H3. The van der Waals surface area contributed by atoms with Gasteiger partial charge in [-0.3, -0.25) is 0 Å². The summed E-state index contributed by atoms with van der Waals surface area (Å²) in [6.07, 6.45) is 5.81. The van der Waals surface area contributed by atoms with E-state index in [-0.39, 0.29) is 0 Å². The van der Waals surface area contributed by atoms with Crippen LogP contribution < -0.4 is 5.32 Å². The second-order valence-corrected chi connectivity index (χ2v) is 5.39. The molecule has 1 spiro atoms. The van der Waals surface area contributed by atoms with Crippen LogP contribution in [0.5, 0.6) is 0 Å². The van der Waals surface area contributed by atoms with Crippen molar-refractivity contribution in [2.45, 2.75) is 45.6 Å². The SMILES string of the molecule is CC(C)C1CC2(CCCNC2)CCO1. The number of hydrogen-bond donors (Lipinski definition) is 1. The number of ether oxygens (including phenoxy) is 1. The fraction of sp³-hybridized carbons (Fsp3) is 1.00. The van der Waals surface area contributed by atoms with Gasteiger partial charge in [0.1, 0.15) is 0 Å². The lowest BCUT2D eigenvalue weighted by molar-refractivity contribution is -0.0760. The van der Waals surface area contributed by atoms with E-state index in [4.69, 9.17) is 4.74 Å². The first-order valence-electron chi connectivity index (χ1n) is 6.04. The van der Waals surface area contributed by atoms with Gasteiger partial charge in [0.15, 0.2) is 0 Å². The Kier molecular flexibility index (Phi) is 3.13. The minimum absolute atomic E-state index is 0.503. The summed E-state index contributed by atoms with van der Waals surface area (Å²) in [7, 11) is 0. The van der Waals surface area contributed by atoms with E-state index in [0.717, 1.165) is 6.61 Å². The van der Waals surface area contributed by atoms with Crippen molar-refractivity contribution in [2.75, 3.05) is 19.7 Å². The van der Waals surface area contributed by atoms with Crippen molar-refractivity contribution in [1.82, 2.24) is 5.32 Å². The molecule has 2 saturated heterocycles. The maximum atomic E-state index is 5.84. The van der Waals surface area contributed by atoms with Crippen LogP contribution in [0.1, 0.15) is 39.5 Å². The molecule has 2 atom stereocenters.